The average molecular weight is 354 g/mol. The maximum atomic E-state index is 12.3. The Kier molecular flexibility index (Phi) is 7.33. The van der Waals surface area contributed by atoms with Crippen LogP contribution in [0.15, 0.2) is 12.1 Å². The Balaban J connectivity index is 2.16. The Bertz CT molecular complexity index is 573. The van der Waals surface area contributed by atoms with E-state index in [0.717, 1.165) is 0 Å². The number of rotatable bonds is 1. The lowest BCUT2D eigenvalue weighted by Gasteiger charge is -2.17. The molecule has 0 fully saturated rings. The van der Waals surface area contributed by atoms with Crippen LogP contribution in [-0.2, 0) is 4.74 Å². The van der Waals surface area contributed by atoms with Crippen molar-refractivity contribution in [3.8, 4) is 17.2 Å². The molecule has 0 aromatic heterocycles. The third kappa shape index (κ3) is 5.51. The Hall–Kier alpha value is -1.99. The molecule has 2 atom stereocenters. The van der Waals surface area contributed by atoms with Crippen molar-refractivity contribution in [2.45, 2.75) is 50.7 Å². The summed E-state index contributed by atoms with van der Waals surface area (Å²) in [5.74, 6) is -0.335. The summed E-state index contributed by atoms with van der Waals surface area (Å²) in [6.45, 7) is 0.461. The summed E-state index contributed by atoms with van der Waals surface area (Å²) in [4.78, 5) is 12.3. The average Bonchev–Trinajstić information content (AvgIpc) is 2.59. The number of cyclic esters (lactones) is 1. The van der Waals surface area contributed by atoms with E-state index in [1.54, 1.807) is 0 Å². The van der Waals surface area contributed by atoms with E-state index in [9.17, 15) is 20.1 Å². The van der Waals surface area contributed by atoms with Crippen LogP contribution in [0.1, 0.15) is 48.9 Å². The van der Waals surface area contributed by atoms with Crippen LogP contribution in [0.5, 0.6) is 17.2 Å². The number of phenols is 1. The topological polar surface area (TPSA) is 105 Å². The number of carbonyl (C=O) groups is 1. The van der Waals surface area contributed by atoms with Crippen LogP contribution in [0.4, 0.5) is 0 Å². The monoisotopic (exact) mass is 354 g/mol. The van der Waals surface area contributed by atoms with Gasteiger partial charge in [-0.1, -0.05) is 0 Å². The second kappa shape index (κ2) is 9.48. The Morgan fingerprint density at radius 3 is 2.20 bits per heavy atom. The van der Waals surface area contributed by atoms with Crippen LogP contribution in [0.2, 0.25) is 0 Å². The van der Waals surface area contributed by atoms with Gasteiger partial charge >= 0.3 is 5.97 Å². The van der Waals surface area contributed by atoms with Gasteiger partial charge in [-0.3, -0.25) is 0 Å². The van der Waals surface area contributed by atoms with Crippen LogP contribution in [0.3, 0.4) is 0 Å². The first-order valence-corrected chi connectivity index (χ1v) is 8.60. The van der Waals surface area contributed by atoms with Crippen molar-refractivity contribution in [3.05, 3.63) is 17.7 Å². The molecule has 140 valence electrons. The van der Waals surface area contributed by atoms with Crippen LogP contribution < -0.4 is 9.47 Å². The van der Waals surface area contributed by atoms with Gasteiger partial charge in [-0.2, -0.15) is 0 Å². The highest BCUT2D eigenvalue weighted by Gasteiger charge is 2.22. The van der Waals surface area contributed by atoms with Crippen molar-refractivity contribution < 1.29 is 34.3 Å². The van der Waals surface area contributed by atoms with E-state index in [0.29, 0.717) is 50.9 Å². The molecular weight excluding hydrogens is 328 g/mol. The molecule has 25 heavy (non-hydrogen) atoms. The largest absolute Gasteiger partial charge is 0.507 e. The molecule has 2 unspecified atom stereocenters. The Morgan fingerprint density at radius 1 is 1.00 bits per heavy atom. The normalized spacial score (nSPS) is 23.4. The number of ether oxygens (including phenoxy) is 3. The first-order valence-electron chi connectivity index (χ1n) is 8.60. The molecule has 1 aliphatic rings. The van der Waals surface area contributed by atoms with Crippen LogP contribution >= 0.6 is 0 Å². The van der Waals surface area contributed by atoms with Gasteiger partial charge in [0.25, 0.3) is 0 Å². The third-order valence-electron chi connectivity index (χ3n) is 4.22. The maximum absolute atomic E-state index is 12.3. The van der Waals surface area contributed by atoms with Crippen LogP contribution in [0, 0.1) is 0 Å². The van der Waals surface area contributed by atoms with Gasteiger partial charge in [0, 0.05) is 12.1 Å². The third-order valence-corrected chi connectivity index (χ3v) is 4.22. The quantitative estimate of drug-likeness (QED) is 0.663. The zero-order chi connectivity index (χ0) is 18.2. The van der Waals surface area contributed by atoms with E-state index in [1.165, 1.54) is 19.2 Å². The van der Waals surface area contributed by atoms with E-state index in [4.69, 9.17) is 14.2 Å². The molecule has 0 saturated carbocycles. The number of benzene rings is 1. The van der Waals surface area contributed by atoms with Gasteiger partial charge < -0.3 is 29.5 Å². The molecule has 0 amide bonds. The summed E-state index contributed by atoms with van der Waals surface area (Å²) < 4.78 is 15.9. The van der Waals surface area contributed by atoms with Gasteiger partial charge in [0.2, 0.25) is 0 Å². The molecular formula is C18H26O7. The highest BCUT2D eigenvalue weighted by atomic mass is 16.5. The van der Waals surface area contributed by atoms with Crippen molar-refractivity contribution in [1.29, 1.82) is 0 Å². The highest BCUT2D eigenvalue weighted by molar-refractivity contribution is 5.95. The number of methoxy groups -OCH3 is 1. The Labute approximate surface area is 147 Å². The first kappa shape index (κ1) is 19.3. The number of aliphatic hydroxyl groups excluding tert-OH is 2. The lowest BCUT2D eigenvalue weighted by molar-refractivity contribution is 0.00584. The zero-order valence-electron chi connectivity index (χ0n) is 14.4. The zero-order valence-corrected chi connectivity index (χ0v) is 14.4. The van der Waals surface area contributed by atoms with Gasteiger partial charge in [-0.05, 0) is 38.5 Å². The molecule has 3 N–H and O–H groups in total. The van der Waals surface area contributed by atoms with Gasteiger partial charge in [-0.15, -0.1) is 0 Å². The van der Waals surface area contributed by atoms with Crippen molar-refractivity contribution in [1.82, 2.24) is 0 Å². The standard InChI is InChI=1S/C18H26O7/c1-23-12-10-15(21)17-16(11-12)24-8-4-2-6-13(19)14(20)7-3-5-9-25-18(17)22/h10-11,13-14,19-21H,2-9H2,1H3. The first-order chi connectivity index (χ1) is 12.0. The molecule has 0 spiro atoms. The van der Waals surface area contributed by atoms with Crippen molar-refractivity contribution in [3.63, 3.8) is 0 Å². The predicted molar refractivity (Wildman–Crippen MR) is 90.2 cm³/mol. The van der Waals surface area contributed by atoms with Crippen molar-refractivity contribution in [2.24, 2.45) is 0 Å². The molecule has 0 saturated heterocycles. The second-order valence-corrected chi connectivity index (χ2v) is 6.13. The molecule has 7 heteroatoms. The van der Waals surface area contributed by atoms with Gasteiger partial charge in [-0.25, -0.2) is 4.79 Å². The molecule has 1 aromatic rings. The van der Waals surface area contributed by atoms with Crippen LogP contribution in [0.25, 0.3) is 0 Å². The molecule has 1 heterocycles. The lowest BCUT2D eigenvalue weighted by Crippen LogP contribution is -2.25. The molecule has 0 radical (unpaired) electrons. The van der Waals surface area contributed by atoms with E-state index in [2.05, 4.69) is 0 Å². The van der Waals surface area contributed by atoms with E-state index < -0.39 is 18.2 Å². The number of esters is 1. The fraction of sp³-hybridized carbons (Fsp3) is 0.611. The van der Waals surface area contributed by atoms with Gasteiger partial charge in [0.1, 0.15) is 22.8 Å². The summed E-state index contributed by atoms with van der Waals surface area (Å²) >= 11 is 0. The van der Waals surface area contributed by atoms with Crippen molar-refractivity contribution >= 4 is 5.97 Å². The minimum absolute atomic E-state index is 0.0178. The van der Waals surface area contributed by atoms with E-state index >= 15 is 0 Å². The molecule has 0 bridgehead atoms. The number of fused-ring (bicyclic) bond motifs is 1. The summed E-state index contributed by atoms with van der Waals surface area (Å²) in [6.07, 6.45) is 1.90. The number of aromatic hydroxyl groups is 1. The smallest absolute Gasteiger partial charge is 0.345 e. The highest BCUT2D eigenvalue weighted by Crippen LogP contribution is 2.34. The molecule has 1 aliphatic heterocycles. The number of aliphatic hydroxyl groups is 2. The van der Waals surface area contributed by atoms with E-state index in [-0.39, 0.29) is 23.7 Å². The summed E-state index contributed by atoms with van der Waals surface area (Å²) in [6, 6.07) is 2.87. The maximum Gasteiger partial charge on any atom is 0.345 e. The van der Waals surface area contributed by atoms with E-state index in [1.807, 2.05) is 0 Å². The second-order valence-electron chi connectivity index (χ2n) is 6.13. The van der Waals surface area contributed by atoms with Crippen LogP contribution in [-0.4, -0.2) is 53.8 Å². The molecule has 2 rings (SSSR count). The number of carbonyl (C=O) groups excluding carboxylic acids is 1. The predicted octanol–water partition coefficient (Wildman–Crippen LogP) is 2.01. The molecule has 0 aliphatic carbocycles. The molecule has 7 nitrogen and oxygen atoms in total. The Morgan fingerprint density at radius 2 is 1.60 bits per heavy atom. The molecule has 1 aromatic carbocycles. The lowest BCUT2D eigenvalue weighted by atomic mass is 10.0. The SMILES string of the molecule is COc1cc(O)c2c(c1)OCCCCC(O)C(O)CCCCOC2=O. The fourth-order valence-electron chi connectivity index (χ4n) is 2.73. The van der Waals surface area contributed by atoms with Crippen molar-refractivity contribution in [2.75, 3.05) is 20.3 Å². The minimum atomic E-state index is -0.771. The summed E-state index contributed by atoms with van der Waals surface area (Å²) in [7, 11) is 1.46. The number of phenolic OH excluding ortho intramolecular Hbond substituents is 1. The number of hydrogen-bond acceptors (Lipinski definition) is 7. The fourth-order valence-corrected chi connectivity index (χ4v) is 2.73. The number of hydrogen-bond donors (Lipinski definition) is 3. The minimum Gasteiger partial charge on any atom is -0.507 e. The van der Waals surface area contributed by atoms with Gasteiger partial charge in [0.05, 0.1) is 32.5 Å². The summed E-state index contributed by atoms with van der Waals surface area (Å²) in [5.41, 5.74) is -0.0178. The summed E-state index contributed by atoms with van der Waals surface area (Å²) in [5, 5.41) is 29.9. The van der Waals surface area contributed by atoms with Gasteiger partial charge in [0.15, 0.2) is 0 Å².